The molecule has 22 heavy (non-hydrogen) atoms. The van der Waals surface area contributed by atoms with Gasteiger partial charge in [-0.1, -0.05) is 24.3 Å². The number of anilines is 1. The molecule has 0 aliphatic heterocycles. The second-order valence-corrected chi connectivity index (χ2v) is 6.40. The molecular weight excluding hydrogens is 302 g/mol. The zero-order chi connectivity index (χ0) is 16.2. The number of carboxylic acids is 1. The van der Waals surface area contributed by atoms with E-state index in [9.17, 15) is 13.2 Å². The summed E-state index contributed by atoms with van der Waals surface area (Å²) in [5.41, 5.74) is 1.92. The van der Waals surface area contributed by atoms with Crippen LogP contribution >= 0.6 is 0 Å². The molecule has 0 atom stereocenters. The number of aryl methyl sites for hydroxylation is 1. The molecule has 0 radical (unpaired) electrons. The highest BCUT2D eigenvalue weighted by atomic mass is 32.2. The van der Waals surface area contributed by atoms with Crippen molar-refractivity contribution < 1.29 is 18.3 Å². The molecule has 0 aliphatic carbocycles. The quantitative estimate of drug-likeness (QED) is 0.831. The van der Waals surface area contributed by atoms with Crippen LogP contribution in [0.5, 0.6) is 0 Å². The summed E-state index contributed by atoms with van der Waals surface area (Å²) in [5.74, 6) is -1.09. The van der Waals surface area contributed by atoms with Crippen molar-refractivity contribution in [2.24, 2.45) is 0 Å². The van der Waals surface area contributed by atoms with E-state index in [1.54, 1.807) is 30.3 Å². The molecule has 0 spiro atoms. The van der Waals surface area contributed by atoms with Gasteiger partial charge in [0.2, 0.25) is 0 Å². The molecule has 0 unspecified atom stereocenters. The van der Waals surface area contributed by atoms with Crippen LogP contribution in [0.2, 0.25) is 0 Å². The number of carbonyl (C=O) groups is 1. The van der Waals surface area contributed by atoms with Crippen molar-refractivity contribution in [3.05, 3.63) is 65.7 Å². The van der Waals surface area contributed by atoms with Crippen LogP contribution in [0.25, 0.3) is 6.08 Å². The molecule has 0 saturated heterocycles. The first-order valence-corrected chi connectivity index (χ1v) is 7.96. The van der Waals surface area contributed by atoms with E-state index in [2.05, 4.69) is 4.72 Å². The van der Waals surface area contributed by atoms with E-state index in [0.717, 1.165) is 11.6 Å². The first-order valence-electron chi connectivity index (χ1n) is 6.47. The van der Waals surface area contributed by atoms with Gasteiger partial charge in [0.1, 0.15) is 0 Å². The average molecular weight is 317 g/mol. The van der Waals surface area contributed by atoms with Crippen LogP contribution in [0.3, 0.4) is 0 Å². The molecule has 2 aromatic rings. The number of carboxylic acid groups (broad SMARTS) is 1. The largest absolute Gasteiger partial charge is 0.478 e. The van der Waals surface area contributed by atoms with E-state index in [4.69, 9.17) is 5.11 Å². The Hall–Kier alpha value is -2.60. The van der Waals surface area contributed by atoms with Gasteiger partial charge in [0.05, 0.1) is 4.90 Å². The Morgan fingerprint density at radius 3 is 2.55 bits per heavy atom. The zero-order valence-corrected chi connectivity index (χ0v) is 12.7. The predicted molar refractivity (Wildman–Crippen MR) is 85.1 cm³/mol. The highest BCUT2D eigenvalue weighted by molar-refractivity contribution is 7.92. The normalized spacial score (nSPS) is 11.5. The fourth-order valence-corrected chi connectivity index (χ4v) is 2.98. The minimum absolute atomic E-state index is 0.0709. The molecule has 5 nitrogen and oxygen atoms in total. The van der Waals surface area contributed by atoms with Gasteiger partial charge in [-0.25, -0.2) is 13.2 Å². The van der Waals surface area contributed by atoms with Gasteiger partial charge in [-0.3, -0.25) is 4.72 Å². The van der Waals surface area contributed by atoms with Gasteiger partial charge in [0.25, 0.3) is 10.0 Å². The molecule has 2 N–H and O–H groups in total. The number of sulfonamides is 1. The molecular formula is C16H15NO4S. The molecule has 0 heterocycles. The van der Waals surface area contributed by atoms with Crippen molar-refractivity contribution in [2.75, 3.05) is 4.72 Å². The summed E-state index contributed by atoms with van der Waals surface area (Å²) in [6.07, 6.45) is 2.30. The lowest BCUT2D eigenvalue weighted by Crippen LogP contribution is -2.13. The van der Waals surface area contributed by atoms with Crippen molar-refractivity contribution >= 4 is 27.8 Å². The van der Waals surface area contributed by atoms with Crippen LogP contribution in [-0.2, 0) is 14.8 Å². The summed E-state index contributed by atoms with van der Waals surface area (Å²) in [4.78, 5) is 10.6. The van der Waals surface area contributed by atoms with Crippen molar-refractivity contribution in [1.82, 2.24) is 0 Å². The highest BCUT2D eigenvalue weighted by Gasteiger charge is 2.14. The van der Waals surface area contributed by atoms with Crippen molar-refractivity contribution in [3.63, 3.8) is 0 Å². The van der Waals surface area contributed by atoms with E-state index in [-0.39, 0.29) is 4.90 Å². The first kappa shape index (κ1) is 15.8. The van der Waals surface area contributed by atoms with Gasteiger partial charge >= 0.3 is 5.97 Å². The van der Waals surface area contributed by atoms with Gasteiger partial charge in [-0.15, -0.1) is 0 Å². The predicted octanol–water partition coefficient (Wildman–Crippen LogP) is 2.89. The van der Waals surface area contributed by atoms with Crippen molar-refractivity contribution in [1.29, 1.82) is 0 Å². The van der Waals surface area contributed by atoms with Crippen LogP contribution < -0.4 is 4.72 Å². The Morgan fingerprint density at radius 1 is 1.14 bits per heavy atom. The molecule has 2 rings (SSSR count). The smallest absolute Gasteiger partial charge is 0.328 e. The van der Waals surface area contributed by atoms with E-state index in [0.29, 0.717) is 11.3 Å². The SMILES string of the molecule is Cc1cccc(NS(=O)(=O)c2cccc(/C=C/C(=O)O)c2)c1. The first-order chi connectivity index (χ1) is 10.4. The monoisotopic (exact) mass is 317 g/mol. The Morgan fingerprint density at radius 2 is 1.86 bits per heavy atom. The van der Waals surface area contributed by atoms with Crippen molar-refractivity contribution in [2.45, 2.75) is 11.8 Å². The maximum Gasteiger partial charge on any atom is 0.328 e. The van der Waals surface area contributed by atoms with Crippen LogP contribution in [0.15, 0.2) is 59.5 Å². The standard InChI is InChI=1S/C16H15NO4S/c1-12-4-2-6-14(10-12)17-22(20,21)15-7-3-5-13(11-15)8-9-16(18)19/h2-11,17H,1H3,(H,18,19)/b9-8+. The van der Waals surface area contributed by atoms with E-state index in [1.165, 1.54) is 18.2 Å². The Balaban J connectivity index is 2.29. The third kappa shape index (κ3) is 4.20. The third-order valence-corrected chi connectivity index (χ3v) is 4.24. The topological polar surface area (TPSA) is 83.5 Å². The lowest BCUT2D eigenvalue weighted by Gasteiger charge is -2.09. The van der Waals surface area contributed by atoms with Gasteiger partial charge in [0.15, 0.2) is 0 Å². The van der Waals surface area contributed by atoms with Crippen LogP contribution in [0.1, 0.15) is 11.1 Å². The summed E-state index contributed by atoms with van der Waals surface area (Å²) < 4.78 is 27.2. The summed E-state index contributed by atoms with van der Waals surface area (Å²) in [7, 11) is -3.72. The van der Waals surface area contributed by atoms with Gasteiger partial charge in [0, 0.05) is 11.8 Å². The highest BCUT2D eigenvalue weighted by Crippen LogP contribution is 2.18. The fraction of sp³-hybridized carbons (Fsp3) is 0.0625. The molecule has 0 fully saturated rings. The molecule has 6 heteroatoms. The summed E-state index contributed by atoms with van der Waals surface area (Å²) in [6.45, 7) is 1.87. The summed E-state index contributed by atoms with van der Waals surface area (Å²) >= 11 is 0. The van der Waals surface area contributed by atoms with E-state index in [1.807, 2.05) is 13.0 Å². The van der Waals surface area contributed by atoms with E-state index >= 15 is 0 Å². The number of nitrogens with one attached hydrogen (secondary N) is 1. The number of hydrogen-bond donors (Lipinski definition) is 2. The average Bonchev–Trinajstić information content (AvgIpc) is 2.45. The van der Waals surface area contributed by atoms with Crippen molar-refractivity contribution in [3.8, 4) is 0 Å². The van der Waals surface area contributed by atoms with Gasteiger partial charge < -0.3 is 5.11 Å². The lowest BCUT2D eigenvalue weighted by molar-refractivity contribution is -0.131. The Bertz CT molecular complexity index is 826. The lowest BCUT2D eigenvalue weighted by atomic mass is 10.2. The molecule has 0 aromatic heterocycles. The Labute approximate surface area is 129 Å². The maximum absolute atomic E-state index is 12.4. The summed E-state index contributed by atoms with van der Waals surface area (Å²) in [6, 6.07) is 13.1. The van der Waals surface area contributed by atoms with Crippen LogP contribution in [0.4, 0.5) is 5.69 Å². The molecule has 0 aliphatic rings. The number of hydrogen-bond acceptors (Lipinski definition) is 3. The fourth-order valence-electron chi connectivity index (χ4n) is 1.88. The zero-order valence-electron chi connectivity index (χ0n) is 11.9. The minimum Gasteiger partial charge on any atom is -0.478 e. The van der Waals surface area contributed by atoms with E-state index < -0.39 is 16.0 Å². The van der Waals surface area contributed by atoms with Crippen LogP contribution in [-0.4, -0.2) is 19.5 Å². The number of rotatable bonds is 5. The molecule has 0 bridgehead atoms. The molecule has 114 valence electrons. The minimum atomic E-state index is -3.72. The second-order valence-electron chi connectivity index (χ2n) is 4.72. The molecule has 0 saturated carbocycles. The van der Waals surface area contributed by atoms with Crippen LogP contribution in [0, 0.1) is 6.92 Å². The molecule has 2 aromatic carbocycles. The maximum atomic E-state index is 12.4. The number of aliphatic carboxylic acids is 1. The molecule has 0 amide bonds. The second kappa shape index (κ2) is 6.44. The Kier molecular flexibility index (Phi) is 4.62. The summed E-state index contributed by atoms with van der Waals surface area (Å²) in [5, 5.41) is 8.61. The number of benzene rings is 2. The van der Waals surface area contributed by atoms with Gasteiger partial charge in [-0.2, -0.15) is 0 Å². The third-order valence-electron chi connectivity index (χ3n) is 2.86. The van der Waals surface area contributed by atoms with Gasteiger partial charge in [-0.05, 0) is 48.4 Å².